The molecule has 8 heteroatoms. The number of carbonyl (C=O) groups is 4. The molecular weight excluding hydrogens is 348 g/mol. The molecule has 0 radical (unpaired) electrons. The van der Waals surface area contributed by atoms with Gasteiger partial charge in [0.15, 0.2) is 0 Å². The summed E-state index contributed by atoms with van der Waals surface area (Å²) in [4.78, 5) is 51.9. The number of hydrogen-bond donors (Lipinski definition) is 1. The van der Waals surface area contributed by atoms with E-state index in [0.717, 1.165) is 0 Å². The van der Waals surface area contributed by atoms with Gasteiger partial charge in [-0.1, -0.05) is 0 Å². The second-order valence-electron chi connectivity index (χ2n) is 6.54. The number of hydrogen-bond acceptors (Lipinski definition) is 4. The molecule has 0 unspecified atom stereocenters. The average molecular weight is 374 g/mol. The maximum Gasteiger partial charge on any atom is 0.224 e. The number of amides is 4. The van der Waals surface area contributed by atoms with Crippen LogP contribution in [0.4, 0.5) is 11.4 Å². The Labute approximate surface area is 159 Å². The lowest BCUT2D eigenvalue weighted by molar-refractivity contribution is -0.138. The highest BCUT2D eigenvalue weighted by Crippen LogP contribution is 2.19. The number of nitrogens with zero attached hydrogens (tertiary/aromatic N) is 3. The monoisotopic (exact) mass is 374 g/mol. The van der Waals surface area contributed by atoms with E-state index < -0.39 is 0 Å². The summed E-state index contributed by atoms with van der Waals surface area (Å²) >= 11 is 0. The van der Waals surface area contributed by atoms with Crippen LogP contribution in [0.3, 0.4) is 0 Å². The topological polar surface area (TPSA) is 90.0 Å². The summed E-state index contributed by atoms with van der Waals surface area (Å²) in [5, 5.41) is 2.67. The molecule has 2 rings (SSSR count). The van der Waals surface area contributed by atoms with Gasteiger partial charge in [0.25, 0.3) is 0 Å². The van der Waals surface area contributed by atoms with E-state index in [1.54, 1.807) is 39.0 Å². The minimum atomic E-state index is -0.165. The summed E-state index contributed by atoms with van der Waals surface area (Å²) in [6.07, 6.45) is 0.215. The minimum absolute atomic E-state index is 0.0209. The SMILES string of the molecule is CC(=O)Nc1ccc(N(CCC(=O)N2CCN(C(C)=O)CC2)C(C)=O)cc1. The van der Waals surface area contributed by atoms with E-state index in [2.05, 4.69) is 5.32 Å². The van der Waals surface area contributed by atoms with Crippen molar-refractivity contribution in [2.24, 2.45) is 0 Å². The molecule has 0 aromatic heterocycles. The smallest absolute Gasteiger partial charge is 0.224 e. The molecule has 0 aliphatic carbocycles. The van der Waals surface area contributed by atoms with Crippen LogP contribution in [0, 0.1) is 0 Å². The normalized spacial score (nSPS) is 13.9. The zero-order chi connectivity index (χ0) is 20.0. The summed E-state index contributed by atoms with van der Waals surface area (Å²) in [7, 11) is 0. The van der Waals surface area contributed by atoms with Gasteiger partial charge in [0.2, 0.25) is 23.6 Å². The van der Waals surface area contributed by atoms with Crippen molar-refractivity contribution in [2.45, 2.75) is 27.2 Å². The van der Waals surface area contributed by atoms with E-state index in [9.17, 15) is 19.2 Å². The predicted octanol–water partition coefficient (Wildman–Crippen LogP) is 1.08. The first-order valence-electron chi connectivity index (χ1n) is 8.97. The largest absolute Gasteiger partial charge is 0.339 e. The Morgan fingerprint density at radius 3 is 1.96 bits per heavy atom. The highest BCUT2D eigenvalue weighted by molar-refractivity contribution is 5.93. The molecule has 146 valence electrons. The Bertz CT molecular complexity index is 709. The van der Waals surface area contributed by atoms with Crippen LogP contribution in [0.5, 0.6) is 0 Å². The molecule has 1 aromatic carbocycles. The second kappa shape index (κ2) is 9.16. The third-order valence-corrected chi connectivity index (χ3v) is 4.51. The fourth-order valence-corrected chi connectivity index (χ4v) is 3.03. The molecule has 0 spiro atoms. The van der Waals surface area contributed by atoms with Crippen LogP contribution in [-0.2, 0) is 19.2 Å². The molecule has 1 aliphatic rings. The van der Waals surface area contributed by atoms with Gasteiger partial charge in [0, 0.05) is 71.3 Å². The highest BCUT2D eigenvalue weighted by atomic mass is 16.2. The molecule has 1 saturated heterocycles. The highest BCUT2D eigenvalue weighted by Gasteiger charge is 2.23. The molecule has 27 heavy (non-hydrogen) atoms. The fraction of sp³-hybridized carbons (Fsp3) is 0.474. The van der Waals surface area contributed by atoms with Crippen LogP contribution in [-0.4, -0.2) is 66.2 Å². The van der Waals surface area contributed by atoms with Crippen molar-refractivity contribution in [1.29, 1.82) is 0 Å². The first-order chi connectivity index (χ1) is 12.8. The third kappa shape index (κ3) is 5.80. The average Bonchev–Trinajstić information content (AvgIpc) is 2.62. The van der Waals surface area contributed by atoms with Crippen molar-refractivity contribution in [3.63, 3.8) is 0 Å². The van der Waals surface area contributed by atoms with Crippen LogP contribution < -0.4 is 10.2 Å². The maximum absolute atomic E-state index is 12.4. The van der Waals surface area contributed by atoms with Gasteiger partial charge >= 0.3 is 0 Å². The quantitative estimate of drug-likeness (QED) is 0.835. The van der Waals surface area contributed by atoms with Gasteiger partial charge in [-0.15, -0.1) is 0 Å². The van der Waals surface area contributed by atoms with E-state index in [4.69, 9.17) is 0 Å². The van der Waals surface area contributed by atoms with Crippen LogP contribution in [0.2, 0.25) is 0 Å². The molecule has 1 fully saturated rings. The van der Waals surface area contributed by atoms with Gasteiger partial charge in [-0.25, -0.2) is 0 Å². The number of piperazine rings is 1. The summed E-state index contributed by atoms with van der Waals surface area (Å²) in [5.74, 6) is -0.329. The molecule has 0 bridgehead atoms. The molecule has 1 heterocycles. The van der Waals surface area contributed by atoms with Crippen LogP contribution in [0.25, 0.3) is 0 Å². The first-order valence-corrected chi connectivity index (χ1v) is 8.97. The lowest BCUT2D eigenvalue weighted by Crippen LogP contribution is -2.50. The third-order valence-electron chi connectivity index (χ3n) is 4.51. The molecule has 0 saturated carbocycles. The van der Waals surface area contributed by atoms with Crippen LogP contribution in [0.1, 0.15) is 27.2 Å². The van der Waals surface area contributed by atoms with E-state index in [1.807, 2.05) is 0 Å². The Balaban J connectivity index is 1.92. The first kappa shape index (κ1) is 20.4. The van der Waals surface area contributed by atoms with E-state index >= 15 is 0 Å². The van der Waals surface area contributed by atoms with E-state index in [-0.39, 0.29) is 36.6 Å². The zero-order valence-electron chi connectivity index (χ0n) is 16.0. The number of carbonyl (C=O) groups excluding carboxylic acids is 4. The Kier molecular flexibility index (Phi) is 6.92. The van der Waals surface area contributed by atoms with Crippen LogP contribution in [0.15, 0.2) is 24.3 Å². The minimum Gasteiger partial charge on any atom is -0.339 e. The van der Waals surface area contributed by atoms with Gasteiger partial charge in [0.05, 0.1) is 0 Å². The number of rotatable bonds is 5. The molecule has 0 atom stereocenters. The van der Waals surface area contributed by atoms with Crippen molar-refractivity contribution in [1.82, 2.24) is 9.80 Å². The fourth-order valence-electron chi connectivity index (χ4n) is 3.03. The van der Waals surface area contributed by atoms with Crippen molar-refractivity contribution < 1.29 is 19.2 Å². The number of nitrogens with one attached hydrogen (secondary N) is 1. The molecule has 4 amide bonds. The summed E-state index contributed by atoms with van der Waals surface area (Å²) in [6, 6.07) is 6.91. The molecule has 1 aromatic rings. The Hall–Kier alpha value is -2.90. The van der Waals surface area contributed by atoms with Gasteiger partial charge in [0.1, 0.15) is 0 Å². The standard InChI is InChI=1S/C19H26N4O4/c1-14(24)20-17-4-6-18(7-5-17)23(16(3)26)9-8-19(27)22-12-10-21(11-13-22)15(2)25/h4-7H,8-13H2,1-3H3,(H,20,24). The number of benzene rings is 1. The summed E-state index contributed by atoms with van der Waals surface area (Å²) < 4.78 is 0. The van der Waals surface area contributed by atoms with Crippen molar-refractivity contribution in [3.05, 3.63) is 24.3 Å². The van der Waals surface area contributed by atoms with Gasteiger partial charge in [-0.3, -0.25) is 19.2 Å². The molecule has 1 aliphatic heterocycles. The lowest BCUT2D eigenvalue weighted by Gasteiger charge is -2.34. The van der Waals surface area contributed by atoms with E-state index in [0.29, 0.717) is 37.6 Å². The van der Waals surface area contributed by atoms with Gasteiger partial charge < -0.3 is 20.0 Å². The molecule has 8 nitrogen and oxygen atoms in total. The second-order valence-corrected chi connectivity index (χ2v) is 6.54. The molecular formula is C19H26N4O4. The summed E-state index contributed by atoms with van der Waals surface area (Å²) in [6.45, 7) is 6.81. The maximum atomic E-state index is 12.4. The Morgan fingerprint density at radius 2 is 1.48 bits per heavy atom. The van der Waals surface area contributed by atoms with Gasteiger partial charge in [-0.2, -0.15) is 0 Å². The van der Waals surface area contributed by atoms with E-state index in [1.165, 1.54) is 20.8 Å². The summed E-state index contributed by atoms with van der Waals surface area (Å²) in [5.41, 5.74) is 1.32. The zero-order valence-corrected chi connectivity index (χ0v) is 16.0. The number of anilines is 2. The molecule has 1 N–H and O–H groups in total. The van der Waals surface area contributed by atoms with Gasteiger partial charge in [-0.05, 0) is 24.3 Å². The Morgan fingerprint density at radius 1 is 0.926 bits per heavy atom. The van der Waals surface area contributed by atoms with Crippen LogP contribution >= 0.6 is 0 Å². The van der Waals surface area contributed by atoms with Crippen molar-refractivity contribution >= 4 is 35.0 Å². The predicted molar refractivity (Wildman–Crippen MR) is 102 cm³/mol. The van der Waals surface area contributed by atoms with Crippen molar-refractivity contribution in [3.8, 4) is 0 Å². The van der Waals surface area contributed by atoms with Crippen molar-refractivity contribution in [2.75, 3.05) is 42.9 Å². The lowest BCUT2D eigenvalue weighted by atomic mass is 10.2.